The maximum absolute atomic E-state index is 9.70. The van der Waals surface area contributed by atoms with E-state index in [9.17, 15) is 10.5 Å². The van der Waals surface area contributed by atoms with E-state index in [1.54, 1.807) is 18.2 Å². The van der Waals surface area contributed by atoms with Crippen LogP contribution in [-0.4, -0.2) is 4.57 Å². The van der Waals surface area contributed by atoms with Crippen LogP contribution in [0.15, 0.2) is 91.0 Å². The zero-order valence-corrected chi connectivity index (χ0v) is 15.5. The van der Waals surface area contributed by atoms with Crippen molar-refractivity contribution < 1.29 is 0 Å². The highest BCUT2D eigenvalue weighted by Gasteiger charge is 2.19. The van der Waals surface area contributed by atoms with E-state index in [1.165, 1.54) is 0 Å². The molecule has 3 nitrogen and oxygen atoms in total. The molecule has 0 spiro atoms. The Labute approximate surface area is 168 Å². The summed E-state index contributed by atoms with van der Waals surface area (Å²) in [7, 11) is 0. The van der Waals surface area contributed by atoms with E-state index in [1.807, 2.05) is 42.5 Å². The molecule has 5 rings (SSSR count). The SMILES string of the molecule is N#Cc1cccc(C#N)c1-c1cccc2c1c1ccccc1n2-c1ccccc1. The number of aromatic nitrogens is 1. The number of nitrogens with zero attached hydrogens (tertiary/aromatic N) is 3. The summed E-state index contributed by atoms with van der Waals surface area (Å²) in [5.74, 6) is 0. The molecule has 0 unspecified atom stereocenters. The number of nitriles is 2. The lowest BCUT2D eigenvalue weighted by molar-refractivity contribution is 1.18. The number of rotatable bonds is 2. The molecule has 0 saturated carbocycles. The molecule has 5 aromatic rings. The lowest BCUT2D eigenvalue weighted by atomic mass is 9.92. The van der Waals surface area contributed by atoms with Crippen LogP contribution in [0.3, 0.4) is 0 Å². The highest BCUT2D eigenvalue weighted by molar-refractivity contribution is 6.16. The first kappa shape index (κ1) is 16.8. The third-order valence-corrected chi connectivity index (χ3v) is 5.29. The topological polar surface area (TPSA) is 52.5 Å². The molecule has 0 aliphatic rings. The van der Waals surface area contributed by atoms with E-state index < -0.39 is 0 Å². The van der Waals surface area contributed by atoms with Gasteiger partial charge in [0.1, 0.15) is 0 Å². The summed E-state index contributed by atoms with van der Waals surface area (Å²) < 4.78 is 2.23. The minimum atomic E-state index is 0.507. The van der Waals surface area contributed by atoms with Gasteiger partial charge >= 0.3 is 0 Å². The Morgan fingerprint density at radius 2 is 1.21 bits per heavy atom. The van der Waals surface area contributed by atoms with E-state index in [2.05, 4.69) is 47.0 Å². The monoisotopic (exact) mass is 369 g/mol. The number of para-hydroxylation sites is 2. The predicted molar refractivity (Wildman–Crippen MR) is 116 cm³/mol. The molecule has 0 radical (unpaired) electrons. The molecular weight excluding hydrogens is 354 g/mol. The van der Waals surface area contributed by atoms with Crippen LogP contribution in [-0.2, 0) is 0 Å². The lowest BCUT2D eigenvalue weighted by Crippen LogP contribution is -1.94. The molecule has 29 heavy (non-hydrogen) atoms. The zero-order chi connectivity index (χ0) is 19.8. The molecule has 0 bridgehead atoms. The molecule has 0 amide bonds. The minimum absolute atomic E-state index is 0.507. The smallest absolute Gasteiger partial charge is 0.0998 e. The van der Waals surface area contributed by atoms with Crippen LogP contribution in [0, 0.1) is 22.7 Å². The van der Waals surface area contributed by atoms with Crippen molar-refractivity contribution in [1.29, 1.82) is 10.5 Å². The van der Waals surface area contributed by atoms with Gasteiger partial charge in [-0.1, -0.05) is 54.6 Å². The van der Waals surface area contributed by atoms with Crippen LogP contribution < -0.4 is 0 Å². The molecule has 134 valence electrons. The van der Waals surface area contributed by atoms with E-state index in [0.717, 1.165) is 33.1 Å². The van der Waals surface area contributed by atoms with Gasteiger partial charge in [0.25, 0.3) is 0 Å². The molecule has 0 aliphatic heterocycles. The van der Waals surface area contributed by atoms with E-state index >= 15 is 0 Å². The summed E-state index contributed by atoms with van der Waals surface area (Å²) in [5, 5.41) is 21.6. The maximum atomic E-state index is 9.70. The Morgan fingerprint density at radius 3 is 1.93 bits per heavy atom. The normalized spacial score (nSPS) is 10.7. The first-order valence-corrected chi connectivity index (χ1v) is 9.34. The van der Waals surface area contributed by atoms with Crippen LogP contribution in [0.5, 0.6) is 0 Å². The Balaban J connectivity index is 1.99. The summed E-state index contributed by atoms with van der Waals surface area (Å²) >= 11 is 0. The van der Waals surface area contributed by atoms with Gasteiger partial charge in [0.2, 0.25) is 0 Å². The fourth-order valence-corrected chi connectivity index (χ4v) is 4.11. The lowest BCUT2D eigenvalue weighted by Gasteiger charge is -2.10. The zero-order valence-electron chi connectivity index (χ0n) is 15.5. The largest absolute Gasteiger partial charge is 0.309 e. The molecule has 0 N–H and O–H groups in total. The Morgan fingerprint density at radius 1 is 0.586 bits per heavy atom. The average Bonchev–Trinajstić information content (AvgIpc) is 3.13. The van der Waals surface area contributed by atoms with Crippen molar-refractivity contribution in [3.8, 4) is 29.0 Å². The van der Waals surface area contributed by atoms with Gasteiger partial charge in [0, 0.05) is 22.0 Å². The quantitative estimate of drug-likeness (QED) is 0.372. The second-order valence-electron chi connectivity index (χ2n) is 6.84. The summed E-state index contributed by atoms with van der Waals surface area (Å²) in [5.41, 5.74) is 5.83. The summed E-state index contributed by atoms with van der Waals surface area (Å²) in [6.07, 6.45) is 0. The summed E-state index contributed by atoms with van der Waals surface area (Å²) in [6.45, 7) is 0. The van der Waals surface area contributed by atoms with E-state index in [0.29, 0.717) is 16.7 Å². The molecular formula is C26H15N3. The van der Waals surface area contributed by atoms with Gasteiger partial charge in [-0.2, -0.15) is 10.5 Å². The molecule has 0 aliphatic carbocycles. The van der Waals surface area contributed by atoms with Crippen LogP contribution in [0.25, 0.3) is 38.6 Å². The van der Waals surface area contributed by atoms with E-state index in [-0.39, 0.29) is 0 Å². The van der Waals surface area contributed by atoms with E-state index in [4.69, 9.17) is 0 Å². The van der Waals surface area contributed by atoms with Crippen LogP contribution in [0.1, 0.15) is 11.1 Å². The summed E-state index contributed by atoms with van der Waals surface area (Å²) in [4.78, 5) is 0. The Kier molecular flexibility index (Phi) is 3.87. The third kappa shape index (κ3) is 2.50. The fourth-order valence-electron chi connectivity index (χ4n) is 4.11. The van der Waals surface area contributed by atoms with Crippen molar-refractivity contribution in [1.82, 2.24) is 4.57 Å². The van der Waals surface area contributed by atoms with Gasteiger partial charge in [-0.3, -0.25) is 0 Å². The van der Waals surface area contributed by atoms with Crippen molar-refractivity contribution in [3.05, 3.63) is 102 Å². The van der Waals surface area contributed by atoms with Crippen molar-refractivity contribution >= 4 is 21.8 Å². The second-order valence-corrected chi connectivity index (χ2v) is 6.84. The van der Waals surface area contributed by atoms with Crippen molar-refractivity contribution in [2.24, 2.45) is 0 Å². The van der Waals surface area contributed by atoms with Crippen molar-refractivity contribution in [2.45, 2.75) is 0 Å². The second kappa shape index (κ2) is 6.68. The molecule has 1 aromatic heterocycles. The Hall–Kier alpha value is -4.34. The van der Waals surface area contributed by atoms with Gasteiger partial charge < -0.3 is 4.57 Å². The van der Waals surface area contributed by atoms with Crippen LogP contribution >= 0.6 is 0 Å². The molecule has 4 aromatic carbocycles. The highest BCUT2D eigenvalue weighted by Crippen LogP contribution is 2.40. The first-order chi connectivity index (χ1) is 14.3. The van der Waals surface area contributed by atoms with Gasteiger partial charge in [-0.25, -0.2) is 0 Å². The number of hydrogen-bond donors (Lipinski definition) is 0. The number of fused-ring (bicyclic) bond motifs is 3. The average molecular weight is 369 g/mol. The van der Waals surface area contributed by atoms with Gasteiger partial charge in [-0.15, -0.1) is 0 Å². The standard InChI is InChI=1S/C26H15N3/c27-16-18-8-6-9-19(17-28)25(18)22-13-7-15-24-26(22)21-12-4-5-14-23(21)29(24)20-10-2-1-3-11-20/h1-15H. The molecule has 0 fully saturated rings. The fraction of sp³-hybridized carbons (Fsp3) is 0. The molecule has 1 heterocycles. The molecule has 0 saturated heterocycles. The molecule has 3 heteroatoms. The Bertz CT molecular complexity index is 1430. The summed E-state index contributed by atoms with van der Waals surface area (Å²) in [6, 6.07) is 34.4. The van der Waals surface area contributed by atoms with Crippen LogP contribution in [0.4, 0.5) is 0 Å². The van der Waals surface area contributed by atoms with Crippen molar-refractivity contribution in [2.75, 3.05) is 0 Å². The third-order valence-electron chi connectivity index (χ3n) is 5.29. The predicted octanol–water partition coefficient (Wildman–Crippen LogP) is 6.19. The number of benzene rings is 4. The van der Waals surface area contributed by atoms with Gasteiger partial charge in [0.05, 0.1) is 34.3 Å². The van der Waals surface area contributed by atoms with Gasteiger partial charge in [-0.05, 0) is 42.0 Å². The minimum Gasteiger partial charge on any atom is -0.309 e. The first-order valence-electron chi connectivity index (χ1n) is 9.34. The maximum Gasteiger partial charge on any atom is 0.0998 e. The highest BCUT2D eigenvalue weighted by atomic mass is 15.0. The molecule has 0 atom stereocenters. The number of hydrogen-bond acceptors (Lipinski definition) is 2. The van der Waals surface area contributed by atoms with Crippen LogP contribution in [0.2, 0.25) is 0 Å². The van der Waals surface area contributed by atoms with Crippen molar-refractivity contribution in [3.63, 3.8) is 0 Å². The van der Waals surface area contributed by atoms with Gasteiger partial charge in [0.15, 0.2) is 0 Å².